The van der Waals surface area contributed by atoms with Gasteiger partial charge in [0.15, 0.2) is 0 Å². The molecule has 4 saturated carbocycles. The second-order valence-corrected chi connectivity index (χ2v) is 13.7. The summed E-state index contributed by atoms with van der Waals surface area (Å²) in [6.07, 6.45) is 11.5. The minimum Gasteiger partial charge on any atom is -0.396 e. The molecule has 1 amide bonds. The zero-order valence-electron chi connectivity index (χ0n) is 21.4. The van der Waals surface area contributed by atoms with Crippen LogP contribution in [0.4, 0.5) is 5.82 Å². The van der Waals surface area contributed by atoms with Crippen molar-refractivity contribution in [2.45, 2.75) is 57.5 Å². The van der Waals surface area contributed by atoms with Crippen LogP contribution in [0.1, 0.15) is 56.3 Å². The van der Waals surface area contributed by atoms with Crippen LogP contribution in [0, 0.1) is 23.2 Å². The van der Waals surface area contributed by atoms with Gasteiger partial charge in [0.25, 0.3) is 5.91 Å². The topological polar surface area (TPSA) is 126 Å². The fourth-order valence-corrected chi connectivity index (χ4v) is 8.36. The normalized spacial score (nSPS) is 32.4. The number of nitrogens with one attached hydrogen (secondary N) is 2. The van der Waals surface area contributed by atoms with E-state index in [-0.39, 0.29) is 24.0 Å². The Kier molecular flexibility index (Phi) is 6.72. The summed E-state index contributed by atoms with van der Waals surface area (Å²) in [5, 5.41) is 17.9. The minimum atomic E-state index is -3.39. The molecule has 2 unspecified atom stereocenters. The molecular weight excluding hydrogens is 482 g/mol. The first kappa shape index (κ1) is 25.7. The Morgan fingerprint density at radius 2 is 1.92 bits per heavy atom. The van der Waals surface area contributed by atoms with Crippen LogP contribution >= 0.6 is 0 Å². The number of aromatic nitrogens is 2. The Bertz CT molecular complexity index is 1110. The SMILES string of the molecule is CC(C)(C=Cn1ncc(C(=O)NC2C3CC4CC2CC(CO)(C4)C3)c1N1CCOCC1)NS(C)(=O)=O. The molecule has 11 heteroatoms. The van der Waals surface area contributed by atoms with Crippen molar-refractivity contribution >= 4 is 27.9 Å². The predicted molar refractivity (Wildman–Crippen MR) is 137 cm³/mol. The van der Waals surface area contributed by atoms with E-state index < -0.39 is 15.6 Å². The predicted octanol–water partition coefficient (Wildman–Crippen LogP) is 1.44. The number of nitrogens with zero attached hydrogens (tertiary/aromatic N) is 3. The third kappa shape index (κ3) is 5.20. The number of amides is 1. The maximum absolute atomic E-state index is 13.7. The molecule has 4 aliphatic carbocycles. The first-order chi connectivity index (χ1) is 17.0. The van der Waals surface area contributed by atoms with Gasteiger partial charge in [0.05, 0.1) is 25.7 Å². The highest BCUT2D eigenvalue weighted by Gasteiger charge is 2.55. The van der Waals surface area contributed by atoms with Crippen LogP contribution in [-0.2, 0) is 14.8 Å². The maximum Gasteiger partial charge on any atom is 0.256 e. The number of sulfonamides is 1. The van der Waals surface area contributed by atoms with Gasteiger partial charge in [0.1, 0.15) is 11.4 Å². The van der Waals surface area contributed by atoms with Gasteiger partial charge in [-0.2, -0.15) is 5.10 Å². The molecule has 3 N–H and O–H groups in total. The zero-order chi connectivity index (χ0) is 25.7. The van der Waals surface area contributed by atoms with E-state index in [0.29, 0.717) is 55.4 Å². The number of rotatable bonds is 8. The lowest BCUT2D eigenvalue weighted by Crippen LogP contribution is -2.60. The molecule has 10 nitrogen and oxygen atoms in total. The highest BCUT2D eigenvalue weighted by molar-refractivity contribution is 7.88. The quantitative estimate of drug-likeness (QED) is 0.473. The molecule has 0 aromatic carbocycles. The van der Waals surface area contributed by atoms with Gasteiger partial charge in [-0.05, 0) is 75.2 Å². The number of morpholine rings is 1. The smallest absolute Gasteiger partial charge is 0.256 e. The van der Waals surface area contributed by atoms with Crippen molar-refractivity contribution in [1.29, 1.82) is 0 Å². The van der Waals surface area contributed by atoms with E-state index in [9.17, 15) is 18.3 Å². The van der Waals surface area contributed by atoms with E-state index in [2.05, 4.69) is 20.0 Å². The van der Waals surface area contributed by atoms with Gasteiger partial charge in [0.2, 0.25) is 10.0 Å². The van der Waals surface area contributed by atoms with E-state index in [0.717, 1.165) is 38.4 Å². The van der Waals surface area contributed by atoms with Crippen LogP contribution in [0.25, 0.3) is 6.20 Å². The monoisotopic (exact) mass is 521 g/mol. The summed E-state index contributed by atoms with van der Waals surface area (Å²) in [7, 11) is -3.39. The molecule has 0 spiro atoms. The maximum atomic E-state index is 13.7. The van der Waals surface area contributed by atoms with Crippen molar-refractivity contribution in [2.24, 2.45) is 23.2 Å². The average molecular weight is 522 g/mol. The van der Waals surface area contributed by atoms with E-state index in [1.807, 2.05) is 0 Å². The molecule has 5 fully saturated rings. The average Bonchev–Trinajstić information content (AvgIpc) is 3.23. The lowest BCUT2D eigenvalue weighted by atomic mass is 9.48. The van der Waals surface area contributed by atoms with E-state index >= 15 is 0 Å². The highest BCUT2D eigenvalue weighted by Crippen LogP contribution is 2.59. The molecule has 2 heterocycles. The summed E-state index contributed by atoms with van der Waals surface area (Å²) in [5.41, 5.74) is -0.256. The largest absolute Gasteiger partial charge is 0.396 e. The number of hydrogen-bond donors (Lipinski definition) is 3. The van der Waals surface area contributed by atoms with Crippen LogP contribution in [0.2, 0.25) is 0 Å². The summed E-state index contributed by atoms with van der Waals surface area (Å²) in [4.78, 5) is 15.8. The molecule has 0 radical (unpaired) electrons. The Balaban J connectivity index is 1.39. The molecular formula is C25H39N5O5S. The molecule has 1 saturated heterocycles. The number of carbonyl (C=O) groups is 1. The number of aliphatic hydroxyl groups excluding tert-OH is 1. The molecule has 5 aliphatic rings. The fraction of sp³-hybridized carbons (Fsp3) is 0.760. The Morgan fingerprint density at radius 1 is 1.25 bits per heavy atom. The molecule has 1 aromatic rings. The molecule has 6 rings (SSSR count). The second kappa shape index (κ2) is 9.41. The molecule has 200 valence electrons. The first-order valence-electron chi connectivity index (χ1n) is 13.0. The van der Waals surface area contributed by atoms with Crippen LogP contribution in [0.3, 0.4) is 0 Å². The first-order valence-corrected chi connectivity index (χ1v) is 14.9. The molecule has 1 aliphatic heterocycles. The van der Waals surface area contributed by atoms with Crippen molar-refractivity contribution in [2.75, 3.05) is 44.1 Å². The van der Waals surface area contributed by atoms with Gasteiger partial charge < -0.3 is 20.1 Å². The lowest BCUT2D eigenvalue weighted by Gasteiger charge is -2.59. The molecule has 1 aromatic heterocycles. The van der Waals surface area contributed by atoms with E-state index in [4.69, 9.17) is 4.74 Å². The zero-order valence-corrected chi connectivity index (χ0v) is 22.3. The van der Waals surface area contributed by atoms with Gasteiger partial charge in [-0.1, -0.05) is 0 Å². The van der Waals surface area contributed by atoms with Crippen molar-refractivity contribution in [1.82, 2.24) is 19.8 Å². The summed E-state index contributed by atoms with van der Waals surface area (Å²) in [6, 6.07) is 0.128. The van der Waals surface area contributed by atoms with Crippen molar-refractivity contribution in [3.63, 3.8) is 0 Å². The molecule has 4 bridgehead atoms. The van der Waals surface area contributed by atoms with Crippen LogP contribution < -0.4 is 14.9 Å². The number of hydrogen-bond acceptors (Lipinski definition) is 7. The number of carbonyl (C=O) groups excluding carboxylic acids is 1. The van der Waals surface area contributed by atoms with Crippen LogP contribution in [0.5, 0.6) is 0 Å². The number of anilines is 1. The van der Waals surface area contributed by atoms with Crippen molar-refractivity contribution in [3.05, 3.63) is 17.8 Å². The van der Waals surface area contributed by atoms with Gasteiger partial charge in [-0.15, -0.1) is 0 Å². The van der Waals surface area contributed by atoms with Gasteiger partial charge in [-0.3, -0.25) is 4.79 Å². The van der Waals surface area contributed by atoms with E-state index in [1.54, 1.807) is 37.0 Å². The molecule has 2 atom stereocenters. The third-order valence-corrected chi connectivity index (χ3v) is 9.34. The summed E-state index contributed by atoms with van der Waals surface area (Å²) in [5.74, 6) is 2.07. The highest BCUT2D eigenvalue weighted by atomic mass is 32.2. The van der Waals surface area contributed by atoms with E-state index in [1.165, 1.54) is 0 Å². The number of aliphatic hydroxyl groups is 1. The Hall–Kier alpha value is -1.95. The summed E-state index contributed by atoms with van der Waals surface area (Å²) >= 11 is 0. The van der Waals surface area contributed by atoms with Gasteiger partial charge in [0, 0.05) is 37.5 Å². The Labute approximate surface area is 213 Å². The summed E-state index contributed by atoms with van der Waals surface area (Å²) < 4.78 is 33.3. The minimum absolute atomic E-state index is 0.0547. The number of ether oxygens (including phenoxy) is 1. The third-order valence-electron chi connectivity index (χ3n) is 8.44. The van der Waals surface area contributed by atoms with Crippen LogP contribution in [0.15, 0.2) is 12.3 Å². The summed E-state index contributed by atoms with van der Waals surface area (Å²) in [6.45, 7) is 6.19. The second-order valence-electron chi connectivity index (χ2n) is 12.0. The Morgan fingerprint density at radius 3 is 2.53 bits per heavy atom. The van der Waals surface area contributed by atoms with Gasteiger partial charge in [-0.25, -0.2) is 17.8 Å². The van der Waals surface area contributed by atoms with Crippen molar-refractivity contribution < 1.29 is 23.1 Å². The lowest BCUT2D eigenvalue weighted by molar-refractivity contribution is -0.0969. The standard InChI is InChI=1S/C25H39N5O5S/c1-24(2,28-36(3,33)34)4-5-30-23(29-6-8-35-9-7-29)20(15-26-30)22(32)27-21-18-10-17-11-19(21)14-25(12-17,13-18)16-31/h4-5,15,17-19,21,28,31H,6-14,16H2,1-3H3,(H,27,32). The van der Waals surface area contributed by atoms with Crippen molar-refractivity contribution in [3.8, 4) is 0 Å². The molecule has 36 heavy (non-hydrogen) atoms. The van der Waals surface area contributed by atoms with Gasteiger partial charge >= 0.3 is 0 Å². The fourth-order valence-electron chi connectivity index (χ4n) is 7.34. The van der Waals surface area contributed by atoms with Crippen LogP contribution in [-0.4, -0.2) is 80.0 Å².